The summed E-state index contributed by atoms with van der Waals surface area (Å²) in [5.74, 6) is 1.79. The third-order valence-electron chi connectivity index (χ3n) is 9.67. The van der Waals surface area contributed by atoms with Crippen LogP contribution in [0, 0.1) is 0 Å². The van der Waals surface area contributed by atoms with Gasteiger partial charge in [0.1, 0.15) is 17.1 Å². The van der Waals surface area contributed by atoms with Gasteiger partial charge in [-0.05, 0) is 88.4 Å². The van der Waals surface area contributed by atoms with Gasteiger partial charge in [-0.25, -0.2) is 4.79 Å². The van der Waals surface area contributed by atoms with Gasteiger partial charge in [0.2, 0.25) is 5.91 Å². The Morgan fingerprint density at radius 2 is 1.69 bits per heavy atom. The van der Waals surface area contributed by atoms with Gasteiger partial charge in [-0.2, -0.15) is 0 Å². The summed E-state index contributed by atoms with van der Waals surface area (Å²) in [5.41, 5.74) is 3.90. The standard InChI is InChI=1S/C42H56N2O8/c1-41(2,3)52-40(46)43-22-20-34(31-15-17-33(18-16-31)50-25-11-24-49-29-32-12-8-9-13-37(32)48-7)38(27-43)51-28-30-14-19-35-36(26-30)44(21-10-23-47-6)39(45)42(35,4)5/h8-9,12-19,26,34,38H,10-11,20-25,27-29H2,1-7H3. The van der Waals surface area contributed by atoms with Crippen LogP contribution in [0.3, 0.4) is 0 Å². The second-order valence-electron chi connectivity index (χ2n) is 15.1. The minimum Gasteiger partial charge on any atom is -0.496 e. The highest BCUT2D eigenvalue weighted by molar-refractivity contribution is 6.07. The van der Waals surface area contributed by atoms with Crippen molar-refractivity contribution in [2.45, 2.75) is 90.1 Å². The number of fused-ring (bicyclic) bond motifs is 1. The molecule has 2 aliphatic rings. The molecule has 3 aromatic carbocycles. The van der Waals surface area contributed by atoms with E-state index in [4.69, 9.17) is 28.4 Å². The number of methoxy groups -OCH3 is 2. The van der Waals surface area contributed by atoms with Crippen LogP contribution >= 0.6 is 0 Å². The summed E-state index contributed by atoms with van der Waals surface area (Å²) in [6.45, 7) is 13.7. The van der Waals surface area contributed by atoms with Gasteiger partial charge in [-0.1, -0.05) is 42.5 Å². The van der Waals surface area contributed by atoms with Gasteiger partial charge < -0.3 is 38.2 Å². The molecule has 2 aliphatic heterocycles. The first-order chi connectivity index (χ1) is 24.9. The van der Waals surface area contributed by atoms with E-state index in [0.717, 1.165) is 58.7 Å². The van der Waals surface area contributed by atoms with E-state index in [1.54, 1.807) is 19.1 Å². The number of benzene rings is 3. The van der Waals surface area contributed by atoms with E-state index in [0.29, 0.717) is 52.7 Å². The van der Waals surface area contributed by atoms with Crippen molar-refractivity contribution in [3.8, 4) is 11.5 Å². The molecule has 0 bridgehead atoms. The first kappa shape index (κ1) is 39.1. The summed E-state index contributed by atoms with van der Waals surface area (Å²) in [6.07, 6.45) is 1.65. The smallest absolute Gasteiger partial charge is 0.410 e. The average Bonchev–Trinajstić information content (AvgIpc) is 3.31. The summed E-state index contributed by atoms with van der Waals surface area (Å²) >= 11 is 0. The van der Waals surface area contributed by atoms with E-state index in [9.17, 15) is 9.59 Å². The second-order valence-corrected chi connectivity index (χ2v) is 15.1. The molecule has 0 N–H and O–H groups in total. The summed E-state index contributed by atoms with van der Waals surface area (Å²) in [6, 6.07) is 22.2. The van der Waals surface area contributed by atoms with Gasteiger partial charge in [0.15, 0.2) is 0 Å². The Labute approximate surface area is 309 Å². The first-order valence-electron chi connectivity index (χ1n) is 18.4. The van der Waals surface area contributed by atoms with Gasteiger partial charge in [0.25, 0.3) is 0 Å². The Balaban J connectivity index is 1.22. The molecule has 5 rings (SSSR count). The molecule has 2 heterocycles. The highest BCUT2D eigenvalue weighted by Gasteiger charge is 2.43. The maximum Gasteiger partial charge on any atom is 0.410 e. The number of hydrogen-bond donors (Lipinski definition) is 0. The van der Waals surface area contributed by atoms with Crippen molar-refractivity contribution in [3.05, 3.63) is 89.0 Å². The second kappa shape index (κ2) is 17.6. The molecule has 0 aliphatic carbocycles. The van der Waals surface area contributed by atoms with Crippen LogP contribution in [0.15, 0.2) is 66.7 Å². The number of piperidine rings is 1. The molecule has 1 saturated heterocycles. The number of rotatable bonds is 16. The summed E-state index contributed by atoms with van der Waals surface area (Å²) < 4.78 is 34.9. The van der Waals surface area contributed by atoms with Crippen LogP contribution in [0.1, 0.15) is 82.1 Å². The molecule has 2 amide bonds. The number of nitrogens with zero attached hydrogens (tertiary/aromatic N) is 2. The Hall–Kier alpha value is -4.12. The molecule has 1 fully saturated rings. The van der Waals surface area contributed by atoms with Gasteiger partial charge in [-0.15, -0.1) is 0 Å². The summed E-state index contributed by atoms with van der Waals surface area (Å²) in [4.78, 5) is 30.1. The number of carbonyl (C=O) groups excluding carboxylic acids is 2. The van der Waals surface area contributed by atoms with Crippen molar-refractivity contribution >= 4 is 17.7 Å². The Bertz CT molecular complexity index is 1630. The van der Waals surface area contributed by atoms with E-state index in [1.807, 2.05) is 82.0 Å². The van der Waals surface area contributed by atoms with Crippen molar-refractivity contribution < 1.29 is 38.0 Å². The largest absolute Gasteiger partial charge is 0.496 e. The third-order valence-corrected chi connectivity index (χ3v) is 9.67. The van der Waals surface area contributed by atoms with Crippen LogP contribution in [0.25, 0.3) is 0 Å². The minimum atomic E-state index is -0.592. The normalized spacial score (nSPS) is 18.3. The molecule has 10 heteroatoms. The molecule has 10 nitrogen and oxygen atoms in total. The Morgan fingerprint density at radius 3 is 2.42 bits per heavy atom. The first-order valence-corrected chi connectivity index (χ1v) is 18.4. The maximum absolute atomic E-state index is 13.4. The maximum atomic E-state index is 13.4. The van der Waals surface area contributed by atoms with Crippen molar-refractivity contribution in [1.82, 2.24) is 4.90 Å². The number of ether oxygens (including phenoxy) is 6. The quantitative estimate of drug-likeness (QED) is 0.140. The summed E-state index contributed by atoms with van der Waals surface area (Å²) in [5, 5.41) is 0. The predicted octanol–water partition coefficient (Wildman–Crippen LogP) is 7.65. The lowest BCUT2D eigenvalue weighted by molar-refractivity contribution is -0.122. The lowest BCUT2D eigenvalue weighted by atomic mass is 9.86. The zero-order valence-corrected chi connectivity index (χ0v) is 31.9. The van der Waals surface area contributed by atoms with E-state index >= 15 is 0 Å². The van der Waals surface area contributed by atoms with Crippen LogP contribution in [-0.2, 0) is 42.4 Å². The molecule has 0 saturated carbocycles. The predicted molar refractivity (Wildman–Crippen MR) is 201 cm³/mol. The van der Waals surface area contributed by atoms with E-state index in [2.05, 4.69) is 24.3 Å². The number of carbonyl (C=O) groups is 2. The number of hydrogen-bond acceptors (Lipinski definition) is 8. The Kier molecular flexibility index (Phi) is 13.2. The van der Waals surface area contributed by atoms with Crippen LogP contribution < -0.4 is 14.4 Å². The SMILES string of the molecule is COCCCN1C(=O)C(C)(C)c2ccc(COC3CN(C(=O)OC(C)(C)C)CCC3c3ccc(OCCCOCc4ccccc4OC)cc3)cc21. The molecule has 3 aromatic rings. The highest BCUT2D eigenvalue weighted by Crippen LogP contribution is 2.42. The highest BCUT2D eigenvalue weighted by atomic mass is 16.6. The van der Waals surface area contributed by atoms with E-state index in [1.165, 1.54) is 0 Å². The fourth-order valence-corrected chi connectivity index (χ4v) is 6.90. The van der Waals surface area contributed by atoms with Crippen LogP contribution in [0.5, 0.6) is 11.5 Å². The zero-order chi connectivity index (χ0) is 37.3. The number of likely N-dealkylation sites (tertiary alicyclic amines) is 1. The fraction of sp³-hybridized carbons (Fsp3) is 0.524. The van der Waals surface area contributed by atoms with Crippen molar-refractivity contribution in [3.63, 3.8) is 0 Å². The molecule has 2 atom stereocenters. The topological polar surface area (TPSA) is 96.0 Å². The molecule has 0 aromatic heterocycles. The number of para-hydroxylation sites is 1. The number of amides is 2. The average molecular weight is 717 g/mol. The minimum absolute atomic E-state index is 0.0663. The van der Waals surface area contributed by atoms with Crippen molar-refractivity contribution in [1.29, 1.82) is 0 Å². The molecule has 282 valence electrons. The van der Waals surface area contributed by atoms with Crippen LogP contribution in [0.4, 0.5) is 10.5 Å². The van der Waals surface area contributed by atoms with Gasteiger partial charge >= 0.3 is 6.09 Å². The zero-order valence-electron chi connectivity index (χ0n) is 31.9. The van der Waals surface area contributed by atoms with Crippen molar-refractivity contribution in [2.24, 2.45) is 0 Å². The van der Waals surface area contributed by atoms with E-state index in [-0.39, 0.29) is 24.0 Å². The molecular weight excluding hydrogens is 660 g/mol. The monoisotopic (exact) mass is 716 g/mol. The van der Waals surface area contributed by atoms with Gasteiger partial charge in [0, 0.05) is 50.4 Å². The van der Waals surface area contributed by atoms with Gasteiger partial charge in [-0.3, -0.25) is 4.79 Å². The molecule has 2 unspecified atom stereocenters. The molecule has 0 spiro atoms. The molecular formula is C42H56N2O8. The van der Waals surface area contributed by atoms with Crippen molar-refractivity contribution in [2.75, 3.05) is 58.6 Å². The van der Waals surface area contributed by atoms with Crippen LogP contribution in [0.2, 0.25) is 0 Å². The lowest BCUT2D eigenvalue weighted by Gasteiger charge is -2.39. The number of anilines is 1. The molecule has 52 heavy (non-hydrogen) atoms. The molecule has 0 radical (unpaired) electrons. The summed E-state index contributed by atoms with van der Waals surface area (Å²) in [7, 11) is 3.34. The van der Waals surface area contributed by atoms with Crippen LogP contribution in [-0.4, -0.2) is 82.3 Å². The third kappa shape index (κ3) is 9.85. The van der Waals surface area contributed by atoms with Gasteiger partial charge in [0.05, 0.1) is 51.6 Å². The fourth-order valence-electron chi connectivity index (χ4n) is 6.90. The lowest BCUT2D eigenvalue weighted by Crippen LogP contribution is -2.48. The van der Waals surface area contributed by atoms with E-state index < -0.39 is 11.0 Å². The Morgan fingerprint density at radius 1 is 0.923 bits per heavy atom.